The predicted molar refractivity (Wildman–Crippen MR) is 54.4 cm³/mol. The molecular weight excluding hydrogens is 235 g/mol. The molecule has 1 rings (SSSR count). The minimum absolute atomic E-state index is 0.241. The van der Waals surface area contributed by atoms with E-state index in [4.69, 9.17) is 4.74 Å². The van der Waals surface area contributed by atoms with Crippen LogP contribution < -0.4 is 4.74 Å². The molecule has 0 N–H and O–H groups in total. The van der Waals surface area contributed by atoms with Gasteiger partial charge in [0.1, 0.15) is 6.61 Å². The largest absolute Gasteiger partial charge is 0.485 e. The van der Waals surface area contributed by atoms with Crippen LogP contribution in [0.25, 0.3) is 0 Å². The Morgan fingerprint density at radius 3 is 2.85 bits per heavy atom. The maximum absolute atomic E-state index is 13.1. The molecule has 1 aromatic rings. The molecule has 70 valence electrons. The number of ether oxygens (including phenoxy) is 1. The number of halogens is 2. The van der Waals surface area contributed by atoms with Crippen LogP contribution in [0.3, 0.4) is 0 Å². The molecule has 0 aromatic heterocycles. The summed E-state index contributed by atoms with van der Waals surface area (Å²) in [6.07, 6.45) is 0. The Bertz CT molecular complexity index is 302. The van der Waals surface area contributed by atoms with Crippen molar-refractivity contribution in [3.05, 3.63) is 40.6 Å². The van der Waals surface area contributed by atoms with E-state index in [1.165, 1.54) is 6.07 Å². The van der Waals surface area contributed by atoms with Gasteiger partial charge < -0.3 is 4.74 Å². The van der Waals surface area contributed by atoms with E-state index in [2.05, 4.69) is 22.5 Å². The zero-order valence-electron chi connectivity index (χ0n) is 7.31. The fraction of sp³-hybridized carbons (Fsp3) is 0.200. The SMILES string of the molecule is C=C(C)COc1c(F)cccc1Br. The van der Waals surface area contributed by atoms with Crippen LogP contribution >= 0.6 is 15.9 Å². The standard InChI is InChI=1S/C10H10BrFO/c1-7(2)6-13-10-8(11)4-3-5-9(10)12/h3-5H,1,6H2,2H3. The Morgan fingerprint density at radius 2 is 2.31 bits per heavy atom. The molecule has 1 nitrogen and oxygen atoms in total. The fourth-order valence-corrected chi connectivity index (χ4v) is 1.27. The van der Waals surface area contributed by atoms with Gasteiger partial charge in [0.05, 0.1) is 4.47 Å². The van der Waals surface area contributed by atoms with Gasteiger partial charge in [0.15, 0.2) is 11.6 Å². The lowest BCUT2D eigenvalue weighted by atomic mass is 10.3. The maximum Gasteiger partial charge on any atom is 0.169 e. The molecule has 0 atom stereocenters. The number of hydrogen-bond donors (Lipinski definition) is 0. The smallest absolute Gasteiger partial charge is 0.169 e. The molecule has 0 heterocycles. The van der Waals surface area contributed by atoms with Gasteiger partial charge in [-0.2, -0.15) is 0 Å². The van der Waals surface area contributed by atoms with E-state index in [0.29, 0.717) is 11.1 Å². The van der Waals surface area contributed by atoms with Gasteiger partial charge in [0.2, 0.25) is 0 Å². The molecule has 0 spiro atoms. The van der Waals surface area contributed by atoms with Crippen molar-refractivity contribution in [1.82, 2.24) is 0 Å². The molecule has 0 amide bonds. The van der Waals surface area contributed by atoms with Gasteiger partial charge in [0, 0.05) is 0 Å². The Morgan fingerprint density at radius 1 is 1.62 bits per heavy atom. The van der Waals surface area contributed by atoms with Crippen LogP contribution in [0.1, 0.15) is 6.92 Å². The summed E-state index contributed by atoms with van der Waals surface area (Å²) in [5, 5.41) is 0. The minimum Gasteiger partial charge on any atom is -0.485 e. The van der Waals surface area contributed by atoms with Crippen molar-refractivity contribution in [2.45, 2.75) is 6.92 Å². The predicted octanol–water partition coefficient (Wildman–Crippen LogP) is 3.54. The van der Waals surface area contributed by atoms with Gasteiger partial charge in [-0.05, 0) is 40.6 Å². The summed E-state index contributed by atoms with van der Waals surface area (Å²) < 4.78 is 18.9. The van der Waals surface area contributed by atoms with Crippen LogP contribution in [-0.4, -0.2) is 6.61 Å². The van der Waals surface area contributed by atoms with Crippen LogP contribution in [0.15, 0.2) is 34.8 Å². The first-order valence-corrected chi connectivity index (χ1v) is 4.61. The van der Waals surface area contributed by atoms with E-state index in [1.807, 2.05) is 6.92 Å². The summed E-state index contributed by atoms with van der Waals surface area (Å²) in [4.78, 5) is 0. The molecule has 3 heteroatoms. The van der Waals surface area contributed by atoms with Crippen molar-refractivity contribution < 1.29 is 9.13 Å². The van der Waals surface area contributed by atoms with Gasteiger partial charge in [-0.25, -0.2) is 4.39 Å². The van der Waals surface area contributed by atoms with E-state index < -0.39 is 0 Å². The molecule has 0 fully saturated rings. The minimum atomic E-state index is -0.365. The highest BCUT2D eigenvalue weighted by atomic mass is 79.9. The first kappa shape index (κ1) is 10.3. The average Bonchev–Trinajstić information content (AvgIpc) is 2.03. The molecule has 0 saturated carbocycles. The average molecular weight is 245 g/mol. The van der Waals surface area contributed by atoms with E-state index in [9.17, 15) is 4.39 Å². The summed E-state index contributed by atoms with van der Waals surface area (Å²) in [7, 11) is 0. The Labute approximate surface area is 85.3 Å². The topological polar surface area (TPSA) is 9.23 Å². The monoisotopic (exact) mass is 244 g/mol. The molecule has 0 bridgehead atoms. The van der Waals surface area contributed by atoms with Crippen molar-refractivity contribution in [2.24, 2.45) is 0 Å². The third-order valence-corrected chi connectivity index (χ3v) is 2.01. The third-order valence-electron chi connectivity index (χ3n) is 1.38. The van der Waals surface area contributed by atoms with Gasteiger partial charge in [0.25, 0.3) is 0 Å². The lowest BCUT2D eigenvalue weighted by Gasteiger charge is -2.08. The summed E-state index contributed by atoms with van der Waals surface area (Å²) in [5.74, 6) is -0.124. The van der Waals surface area contributed by atoms with Gasteiger partial charge in [-0.3, -0.25) is 0 Å². The fourth-order valence-electron chi connectivity index (χ4n) is 0.816. The number of rotatable bonds is 3. The van der Waals surface area contributed by atoms with Crippen LogP contribution in [0.5, 0.6) is 5.75 Å². The highest BCUT2D eigenvalue weighted by molar-refractivity contribution is 9.10. The highest BCUT2D eigenvalue weighted by Gasteiger charge is 2.06. The second-order valence-electron chi connectivity index (χ2n) is 2.80. The molecular formula is C10H10BrFO. The second kappa shape index (κ2) is 4.42. The van der Waals surface area contributed by atoms with Crippen molar-refractivity contribution >= 4 is 15.9 Å². The van der Waals surface area contributed by atoms with Crippen LogP contribution in [-0.2, 0) is 0 Å². The molecule has 1 aromatic carbocycles. The molecule has 0 saturated heterocycles. The van der Waals surface area contributed by atoms with Gasteiger partial charge >= 0.3 is 0 Å². The van der Waals surface area contributed by atoms with Crippen molar-refractivity contribution in [2.75, 3.05) is 6.61 Å². The Kier molecular flexibility index (Phi) is 3.48. The van der Waals surface area contributed by atoms with Crippen molar-refractivity contribution in [3.8, 4) is 5.75 Å². The maximum atomic E-state index is 13.1. The van der Waals surface area contributed by atoms with E-state index in [1.54, 1.807) is 12.1 Å². The Balaban J connectivity index is 2.81. The quantitative estimate of drug-likeness (QED) is 0.740. The zero-order chi connectivity index (χ0) is 9.84. The first-order valence-electron chi connectivity index (χ1n) is 3.82. The van der Waals surface area contributed by atoms with Crippen molar-refractivity contribution in [1.29, 1.82) is 0 Å². The summed E-state index contributed by atoms with van der Waals surface area (Å²) in [5.41, 5.74) is 0.857. The van der Waals surface area contributed by atoms with Gasteiger partial charge in [-0.15, -0.1) is 0 Å². The molecule has 0 aliphatic heterocycles. The van der Waals surface area contributed by atoms with E-state index in [0.717, 1.165) is 5.57 Å². The Hall–Kier alpha value is -0.830. The lowest BCUT2D eigenvalue weighted by Crippen LogP contribution is -2.00. The summed E-state index contributed by atoms with van der Waals surface area (Å²) >= 11 is 3.20. The summed E-state index contributed by atoms with van der Waals surface area (Å²) in [6.45, 7) is 5.83. The first-order chi connectivity index (χ1) is 6.11. The lowest BCUT2D eigenvalue weighted by molar-refractivity contribution is 0.330. The molecule has 0 radical (unpaired) electrons. The normalized spacial score (nSPS) is 9.77. The third kappa shape index (κ3) is 2.84. The summed E-state index contributed by atoms with van der Waals surface area (Å²) in [6, 6.07) is 4.71. The number of para-hydroxylation sites is 1. The molecule has 0 unspecified atom stereocenters. The molecule has 13 heavy (non-hydrogen) atoms. The molecule has 0 aliphatic rings. The van der Waals surface area contributed by atoms with Gasteiger partial charge in [-0.1, -0.05) is 12.6 Å². The number of benzene rings is 1. The van der Waals surface area contributed by atoms with Crippen LogP contribution in [0.4, 0.5) is 4.39 Å². The zero-order valence-corrected chi connectivity index (χ0v) is 8.90. The van der Waals surface area contributed by atoms with E-state index >= 15 is 0 Å². The highest BCUT2D eigenvalue weighted by Crippen LogP contribution is 2.27. The van der Waals surface area contributed by atoms with Crippen molar-refractivity contribution in [3.63, 3.8) is 0 Å². The second-order valence-corrected chi connectivity index (χ2v) is 3.65. The van der Waals surface area contributed by atoms with Crippen LogP contribution in [0.2, 0.25) is 0 Å². The van der Waals surface area contributed by atoms with Crippen LogP contribution in [0, 0.1) is 5.82 Å². The number of hydrogen-bond acceptors (Lipinski definition) is 1. The van der Waals surface area contributed by atoms with E-state index in [-0.39, 0.29) is 11.6 Å². The molecule has 0 aliphatic carbocycles.